The first-order valence-corrected chi connectivity index (χ1v) is 16.2. The Labute approximate surface area is 258 Å². The number of Topliss-reactive ketones (excluding diaryl/α,β-unsaturated/α-hetero) is 1. The summed E-state index contributed by atoms with van der Waals surface area (Å²) >= 11 is 1.36. The summed E-state index contributed by atoms with van der Waals surface area (Å²) < 4.78 is 5.81. The topological polar surface area (TPSA) is 136 Å². The Morgan fingerprint density at radius 3 is 2.49 bits per heavy atom. The molecule has 0 heterocycles. The molecule has 8 atom stereocenters. The van der Waals surface area contributed by atoms with E-state index in [1.165, 1.54) is 36.0 Å². The minimum absolute atomic E-state index is 0.0505. The second kappa shape index (κ2) is 12.0. The molecule has 0 aliphatic heterocycles. The van der Waals surface area contributed by atoms with E-state index in [4.69, 9.17) is 4.74 Å². The van der Waals surface area contributed by atoms with Crippen LogP contribution in [0.4, 0.5) is 5.69 Å². The van der Waals surface area contributed by atoms with Gasteiger partial charge >= 0.3 is 5.97 Å². The highest BCUT2D eigenvalue weighted by Crippen LogP contribution is 2.68. The number of nitrogens with zero attached hydrogens (tertiary/aromatic N) is 1. The number of ketones is 1. The van der Waals surface area contributed by atoms with Crippen LogP contribution in [0.25, 0.3) is 0 Å². The zero-order valence-electron chi connectivity index (χ0n) is 26.2. The van der Waals surface area contributed by atoms with Gasteiger partial charge in [-0.1, -0.05) is 33.8 Å². The lowest BCUT2D eigenvalue weighted by atomic mass is 9.44. The Bertz CT molecular complexity index is 1280. The van der Waals surface area contributed by atoms with Gasteiger partial charge in [0, 0.05) is 52.2 Å². The van der Waals surface area contributed by atoms with Crippen LogP contribution in [0.3, 0.4) is 0 Å². The molecule has 9 nitrogen and oxygen atoms in total. The van der Waals surface area contributed by atoms with E-state index in [1.807, 2.05) is 20.8 Å². The van der Waals surface area contributed by atoms with Crippen molar-refractivity contribution in [1.82, 2.24) is 5.32 Å². The number of thioether (sulfide) groups is 1. The summed E-state index contributed by atoms with van der Waals surface area (Å²) in [5.41, 5.74) is -1.37. The molecule has 43 heavy (non-hydrogen) atoms. The largest absolute Gasteiger partial charge is 0.461 e. The maximum absolute atomic E-state index is 13.6. The molecule has 3 aliphatic rings. The number of aliphatic hydroxyl groups is 1. The van der Waals surface area contributed by atoms with Gasteiger partial charge in [0.25, 0.3) is 11.6 Å². The third kappa shape index (κ3) is 6.01. The Morgan fingerprint density at radius 2 is 1.88 bits per heavy atom. The van der Waals surface area contributed by atoms with Crippen LogP contribution in [-0.4, -0.2) is 56.9 Å². The lowest BCUT2D eigenvalue weighted by molar-refractivity contribution is -0.384. The summed E-state index contributed by atoms with van der Waals surface area (Å²) in [7, 11) is 0. The van der Waals surface area contributed by atoms with Crippen LogP contribution in [0.15, 0.2) is 36.9 Å². The number of nitro groups is 1. The van der Waals surface area contributed by atoms with Gasteiger partial charge in [-0.15, -0.1) is 18.3 Å². The molecule has 0 aromatic heterocycles. The lowest BCUT2D eigenvalue weighted by Gasteiger charge is -2.61. The van der Waals surface area contributed by atoms with E-state index in [-0.39, 0.29) is 52.8 Å². The van der Waals surface area contributed by atoms with E-state index in [9.17, 15) is 29.6 Å². The number of carbonyl (C=O) groups excluding carboxylic acids is 3. The first kappa shape index (κ1) is 33.2. The number of ether oxygens (including phenoxy) is 1. The number of benzene rings is 1. The van der Waals surface area contributed by atoms with Gasteiger partial charge < -0.3 is 15.2 Å². The maximum Gasteiger partial charge on any atom is 0.316 e. The maximum atomic E-state index is 13.6. The molecular formula is C33H46N2O7S. The summed E-state index contributed by atoms with van der Waals surface area (Å²) in [5.74, 6) is -0.700. The summed E-state index contributed by atoms with van der Waals surface area (Å²) in [4.78, 5) is 50.0. The van der Waals surface area contributed by atoms with Crippen LogP contribution >= 0.6 is 11.8 Å². The molecular weight excluding hydrogens is 568 g/mol. The number of rotatable bonds is 9. The number of amides is 1. The molecule has 3 saturated carbocycles. The molecule has 3 aliphatic carbocycles. The molecule has 2 bridgehead atoms. The molecule has 3 fully saturated rings. The highest BCUT2D eigenvalue weighted by molar-refractivity contribution is 8.01. The van der Waals surface area contributed by atoms with E-state index in [1.54, 1.807) is 6.08 Å². The fraction of sp³-hybridized carbons (Fsp3) is 0.667. The number of carbonyl (C=O) groups is 3. The number of non-ortho nitro benzene ring substituents is 1. The van der Waals surface area contributed by atoms with Crippen LogP contribution in [0.5, 0.6) is 0 Å². The average Bonchev–Trinajstić information content (AvgIpc) is 3.33. The molecule has 4 rings (SSSR count). The van der Waals surface area contributed by atoms with E-state index < -0.39 is 38.7 Å². The number of hydrogen-bond acceptors (Lipinski definition) is 8. The minimum atomic E-state index is -0.717. The zero-order valence-corrected chi connectivity index (χ0v) is 27.0. The van der Waals surface area contributed by atoms with Crippen LogP contribution in [0.2, 0.25) is 0 Å². The number of esters is 1. The van der Waals surface area contributed by atoms with Gasteiger partial charge in [0.2, 0.25) is 0 Å². The van der Waals surface area contributed by atoms with E-state index in [0.29, 0.717) is 18.4 Å². The highest BCUT2D eigenvalue weighted by atomic mass is 32.2. The van der Waals surface area contributed by atoms with Crippen molar-refractivity contribution in [3.8, 4) is 0 Å². The first-order chi connectivity index (χ1) is 20.0. The van der Waals surface area contributed by atoms with Crippen molar-refractivity contribution in [2.75, 3.05) is 12.3 Å². The van der Waals surface area contributed by atoms with Crippen molar-refractivity contribution in [2.45, 2.75) is 90.6 Å². The molecule has 1 amide bonds. The quantitative estimate of drug-likeness (QED) is 0.156. The van der Waals surface area contributed by atoms with Crippen molar-refractivity contribution < 1.29 is 29.2 Å². The van der Waals surface area contributed by atoms with Crippen LogP contribution in [-0.2, 0) is 14.3 Å². The average molecular weight is 615 g/mol. The third-order valence-corrected chi connectivity index (χ3v) is 12.5. The van der Waals surface area contributed by atoms with Gasteiger partial charge in [-0.05, 0) is 68.9 Å². The highest BCUT2D eigenvalue weighted by Gasteiger charge is 2.68. The van der Waals surface area contributed by atoms with Gasteiger partial charge in [-0.2, -0.15) is 0 Å². The fourth-order valence-electron chi connectivity index (χ4n) is 8.13. The summed E-state index contributed by atoms with van der Waals surface area (Å²) in [6, 6.07) is 5.39. The molecule has 0 spiro atoms. The van der Waals surface area contributed by atoms with Gasteiger partial charge in [-0.3, -0.25) is 24.5 Å². The molecule has 2 N–H and O–H groups in total. The van der Waals surface area contributed by atoms with Gasteiger partial charge in [0.15, 0.2) is 0 Å². The SMILES string of the molecule is C=C[C@]1(C)C[C@@H](OC(=O)CSC(C)(C)CNC(=O)c2ccc([N+](=O)[O-])cc2)[C@]2(C)[C@H](C)CC[C@]3(CCC(=O)[C@@H]32)[C@@H](C)[C@@H]1O. The number of aliphatic hydroxyl groups excluding tert-OH is 1. The van der Waals surface area contributed by atoms with E-state index in [2.05, 4.69) is 32.7 Å². The predicted molar refractivity (Wildman–Crippen MR) is 167 cm³/mol. The Kier molecular flexibility index (Phi) is 9.25. The minimum Gasteiger partial charge on any atom is -0.461 e. The first-order valence-electron chi connectivity index (χ1n) is 15.2. The van der Waals surface area contributed by atoms with Crippen molar-refractivity contribution in [3.63, 3.8) is 0 Å². The summed E-state index contributed by atoms with van der Waals surface area (Å²) in [5, 5.41) is 25.4. The summed E-state index contributed by atoms with van der Waals surface area (Å²) in [6.07, 6.45) is 3.91. The van der Waals surface area contributed by atoms with E-state index in [0.717, 1.165) is 19.3 Å². The molecule has 10 heteroatoms. The monoisotopic (exact) mass is 614 g/mol. The van der Waals surface area contributed by atoms with Crippen LogP contribution < -0.4 is 5.32 Å². The second-order valence-electron chi connectivity index (χ2n) is 14.1. The van der Waals surface area contributed by atoms with Gasteiger partial charge in [-0.25, -0.2) is 0 Å². The van der Waals surface area contributed by atoms with Crippen LogP contribution in [0, 0.1) is 44.1 Å². The van der Waals surface area contributed by atoms with E-state index >= 15 is 0 Å². The number of hydrogen-bond donors (Lipinski definition) is 2. The van der Waals surface area contributed by atoms with Crippen molar-refractivity contribution in [3.05, 3.63) is 52.6 Å². The van der Waals surface area contributed by atoms with Crippen molar-refractivity contribution in [2.24, 2.45) is 34.0 Å². The number of nitro benzene ring substituents is 1. The standard InChI is InChI=1S/C33H46N2O7S/c1-8-31(6)17-25(32(7)20(2)13-15-33(21(3)28(31)38)16-14-24(36)27(32)33)42-26(37)18-43-30(4,5)19-34-29(39)22-9-11-23(12-10-22)35(40)41/h8-12,20-21,25,27-28,38H,1,13-19H2,2-7H3,(H,34,39)/t20-,21+,25-,27-,28+,31-,32+,33+/m1/s1. The smallest absolute Gasteiger partial charge is 0.316 e. The summed E-state index contributed by atoms with van der Waals surface area (Å²) in [6.45, 7) is 16.5. The second-order valence-corrected chi connectivity index (χ2v) is 15.8. The Hall–Kier alpha value is -2.72. The zero-order chi connectivity index (χ0) is 32.0. The molecule has 0 radical (unpaired) electrons. The molecule has 0 unspecified atom stereocenters. The predicted octanol–water partition coefficient (Wildman–Crippen LogP) is 5.74. The van der Waals surface area contributed by atoms with Gasteiger partial charge in [0.05, 0.1) is 16.8 Å². The normalized spacial score (nSPS) is 35.7. The fourth-order valence-corrected chi connectivity index (χ4v) is 8.88. The van der Waals surface area contributed by atoms with Crippen molar-refractivity contribution >= 4 is 35.1 Å². The Balaban J connectivity index is 1.48. The lowest BCUT2D eigenvalue weighted by Crippen LogP contribution is -2.63. The molecule has 236 valence electrons. The molecule has 1 aromatic rings. The molecule has 1 aromatic carbocycles. The van der Waals surface area contributed by atoms with Gasteiger partial charge in [0.1, 0.15) is 11.9 Å². The Morgan fingerprint density at radius 1 is 1.23 bits per heavy atom. The third-order valence-electron chi connectivity index (χ3n) is 11.2. The number of nitrogens with one attached hydrogen (secondary N) is 1. The molecule has 0 saturated heterocycles. The van der Waals surface area contributed by atoms with Crippen LogP contribution in [0.1, 0.15) is 84.0 Å². The van der Waals surface area contributed by atoms with Crippen molar-refractivity contribution in [1.29, 1.82) is 0 Å².